The largest absolute Gasteiger partial charge is 0.475 e. The molecule has 0 radical (unpaired) electrons. The third-order valence-electron chi connectivity index (χ3n) is 6.06. The summed E-state index contributed by atoms with van der Waals surface area (Å²) in [5.41, 5.74) is 1.94. The molecule has 0 saturated heterocycles. The lowest BCUT2D eigenvalue weighted by atomic mass is 9.72. The normalized spacial score (nSPS) is 20.5. The Balaban J connectivity index is 1.64. The molecule has 3 atom stereocenters. The molecule has 1 fully saturated rings. The zero-order valence-electron chi connectivity index (χ0n) is 17.8. The van der Waals surface area contributed by atoms with E-state index in [0.717, 1.165) is 43.2 Å². The Kier molecular flexibility index (Phi) is 7.48. The van der Waals surface area contributed by atoms with Gasteiger partial charge in [0.15, 0.2) is 0 Å². The van der Waals surface area contributed by atoms with Gasteiger partial charge >= 0.3 is 5.97 Å². The minimum absolute atomic E-state index is 0.0320. The summed E-state index contributed by atoms with van der Waals surface area (Å²) in [6.07, 6.45) is 5.25. The first-order valence-electron chi connectivity index (χ1n) is 11.0. The van der Waals surface area contributed by atoms with Crippen LogP contribution < -0.4 is 0 Å². The topological polar surface area (TPSA) is 87.7 Å². The van der Waals surface area contributed by atoms with Gasteiger partial charge in [0.25, 0.3) is 0 Å². The Hall–Kier alpha value is -2.40. The Labute approximate surface area is 178 Å². The molecule has 162 valence electrons. The van der Waals surface area contributed by atoms with E-state index >= 15 is 0 Å². The summed E-state index contributed by atoms with van der Waals surface area (Å²) in [7, 11) is 0. The number of carbonyl (C=O) groups excluding carboxylic acids is 1. The molecular weight excluding hydrogens is 380 g/mol. The van der Waals surface area contributed by atoms with Crippen molar-refractivity contribution in [2.24, 2.45) is 11.8 Å². The molecule has 1 saturated carbocycles. The fourth-order valence-corrected chi connectivity index (χ4v) is 4.57. The lowest BCUT2D eigenvalue weighted by Crippen LogP contribution is -2.26. The van der Waals surface area contributed by atoms with Gasteiger partial charge in [-0.05, 0) is 67.2 Å². The van der Waals surface area contributed by atoms with Crippen molar-refractivity contribution in [2.75, 3.05) is 0 Å². The average molecular weight is 413 g/mol. The molecule has 1 aliphatic carbocycles. The summed E-state index contributed by atoms with van der Waals surface area (Å²) < 4.78 is 5.34. The summed E-state index contributed by atoms with van der Waals surface area (Å²) in [5, 5.41) is 19.3. The zero-order valence-corrected chi connectivity index (χ0v) is 17.8. The Morgan fingerprint density at radius 1 is 1.17 bits per heavy atom. The molecule has 3 rings (SSSR count). The van der Waals surface area contributed by atoms with Gasteiger partial charge in [-0.25, -0.2) is 4.79 Å². The van der Waals surface area contributed by atoms with Crippen LogP contribution in [0, 0.1) is 11.8 Å². The number of carboxylic acid groups (broad SMARTS) is 1. The lowest BCUT2D eigenvalue weighted by molar-refractivity contribution is -0.123. The number of furan rings is 1. The number of aliphatic hydroxyl groups excluding tert-OH is 1. The van der Waals surface area contributed by atoms with Crippen molar-refractivity contribution < 1.29 is 24.2 Å². The van der Waals surface area contributed by atoms with Crippen molar-refractivity contribution in [3.05, 3.63) is 59.0 Å². The molecule has 5 nitrogen and oxygen atoms in total. The number of ketones is 1. The van der Waals surface area contributed by atoms with Crippen molar-refractivity contribution in [1.82, 2.24) is 0 Å². The summed E-state index contributed by atoms with van der Waals surface area (Å²) >= 11 is 0. The molecule has 1 aromatic carbocycles. The van der Waals surface area contributed by atoms with E-state index in [9.17, 15) is 14.7 Å². The van der Waals surface area contributed by atoms with Crippen LogP contribution in [0.3, 0.4) is 0 Å². The van der Waals surface area contributed by atoms with Crippen LogP contribution in [0.15, 0.2) is 40.8 Å². The molecule has 0 bridgehead atoms. The van der Waals surface area contributed by atoms with Crippen LogP contribution in [0.4, 0.5) is 0 Å². The number of aryl methyl sites for hydroxylation is 1. The molecule has 1 heterocycles. The van der Waals surface area contributed by atoms with Crippen LogP contribution in [-0.4, -0.2) is 22.0 Å². The smallest absolute Gasteiger partial charge is 0.371 e. The molecule has 5 heteroatoms. The second kappa shape index (κ2) is 10.1. The van der Waals surface area contributed by atoms with E-state index in [0.29, 0.717) is 30.3 Å². The van der Waals surface area contributed by atoms with E-state index in [1.165, 1.54) is 6.07 Å². The molecule has 1 aromatic heterocycles. The molecular formula is C25H32O5. The van der Waals surface area contributed by atoms with Crippen LogP contribution in [-0.2, 0) is 11.2 Å². The number of carboxylic acids is 1. The Morgan fingerprint density at radius 3 is 2.53 bits per heavy atom. The van der Waals surface area contributed by atoms with Gasteiger partial charge in [0.05, 0.1) is 6.10 Å². The van der Waals surface area contributed by atoms with Gasteiger partial charge in [0.1, 0.15) is 11.5 Å². The van der Waals surface area contributed by atoms with Gasteiger partial charge in [0.2, 0.25) is 5.76 Å². The summed E-state index contributed by atoms with van der Waals surface area (Å²) in [6, 6.07) is 11.1. The molecule has 2 aromatic rings. The fourth-order valence-electron chi connectivity index (χ4n) is 4.57. The maximum atomic E-state index is 12.7. The van der Waals surface area contributed by atoms with Crippen LogP contribution >= 0.6 is 0 Å². The third kappa shape index (κ3) is 5.60. The number of rotatable bonds is 9. The highest BCUT2D eigenvalue weighted by atomic mass is 16.4. The van der Waals surface area contributed by atoms with Crippen molar-refractivity contribution >= 4 is 11.8 Å². The summed E-state index contributed by atoms with van der Waals surface area (Å²) in [6.45, 7) is 4.18. The predicted molar refractivity (Wildman–Crippen MR) is 115 cm³/mol. The number of aromatic carboxylic acids is 1. The number of Topliss-reactive ketones (excluding diaryl/α,β-unsaturated/α-hetero) is 1. The van der Waals surface area contributed by atoms with Crippen LogP contribution in [0.25, 0.3) is 0 Å². The Morgan fingerprint density at radius 2 is 1.90 bits per heavy atom. The number of aliphatic hydroxyl groups is 1. The van der Waals surface area contributed by atoms with Gasteiger partial charge in [-0.3, -0.25) is 4.79 Å². The zero-order chi connectivity index (χ0) is 21.7. The van der Waals surface area contributed by atoms with E-state index in [1.54, 1.807) is 6.07 Å². The second-order valence-electron chi connectivity index (χ2n) is 8.87. The third-order valence-corrected chi connectivity index (χ3v) is 6.06. The number of benzene rings is 1. The van der Waals surface area contributed by atoms with E-state index in [2.05, 4.69) is 13.8 Å². The van der Waals surface area contributed by atoms with E-state index < -0.39 is 12.1 Å². The SMILES string of the molecule is CC(C)CC(O)c1ccc(C2C(=O)CCCC2CCCc2ccc(C(=O)O)o2)cc1. The predicted octanol–water partition coefficient (Wildman–Crippen LogP) is 5.53. The highest BCUT2D eigenvalue weighted by Gasteiger charge is 2.32. The van der Waals surface area contributed by atoms with Gasteiger partial charge in [0, 0.05) is 18.8 Å². The van der Waals surface area contributed by atoms with Crippen LogP contribution in [0.1, 0.15) is 91.8 Å². The molecule has 1 aliphatic rings. The lowest BCUT2D eigenvalue weighted by Gasteiger charge is -2.31. The van der Waals surface area contributed by atoms with Gasteiger partial charge in [-0.2, -0.15) is 0 Å². The van der Waals surface area contributed by atoms with Crippen molar-refractivity contribution in [1.29, 1.82) is 0 Å². The molecule has 30 heavy (non-hydrogen) atoms. The Bertz CT molecular complexity index is 849. The van der Waals surface area contributed by atoms with Crippen LogP contribution in [0.2, 0.25) is 0 Å². The van der Waals surface area contributed by atoms with E-state index in [1.807, 2.05) is 24.3 Å². The van der Waals surface area contributed by atoms with Gasteiger partial charge < -0.3 is 14.6 Å². The number of hydrogen-bond donors (Lipinski definition) is 2. The van der Waals surface area contributed by atoms with Crippen molar-refractivity contribution in [3.63, 3.8) is 0 Å². The van der Waals surface area contributed by atoms with Crippen LogP contribution in [0.5, 0.6) is 0 Å². The maximum Gasteiger partial charge on any atom is 0.371 e. The molecule has 3 unspecified atom stereocenters. The first-order chi connectivity index (χ1) is 14.3. The summed E-state index contributed by atoms with van der Waals surface area (Å²) in [4.78, 5) is 23.7. The molecule has 0 spiro atoms. The first kappa shape index (κ1) is 22.3. The van der Waals surface area contributed by atoms with Crippen molar-refractivity contribution in [3.8, 4) is 0 Å². The number of hydrogen-bond acceptors (Lipinski definition) is 4. The first-order valence-corrected chi connectivity index (χ1v) is 11.0. The van der Waals surface area contributed by atoms with Gasteiger partial charge in [-0.15, -0.1) is 0 Å². The second-order valence-corrected chi connectivity index (χ2v) is 8.87. The minimum atomic E-state index is -1.05. The molecule has 0 aliphatic heterocycles. The summed E-state index contributed by atoms with van der Waals surface area (Å²) in [5.74, 6) is 0.497. The minimum Gasteiger partial charge on any atom is -0.475 e. The van der Waals surface area contributed by atoms with Gasteiger partial charge in [-0.1, -0.05) is 38.1 Å². The van der Waals surface area contributed by atoms with E-state index in [-0.39, 0.29) is 17.6 Å². The highest BCUT2D eigenvalue weighted by Crippen LogP contribution is 2.39. The number of carbonyl (C=O) groups is 2. The maximum absolute atomic E-state index is 12.7. The average Bonchev–Trinajstić information content (AvgIpc) is 3.17. The monoisotopic (exact) mass is 412 g/mol. The standard InChI is InChI=1S/C25H32O5/c1-16(2)15-22(27)17-9-11-19(12-10-17)24-18(6-4-8-21(24)26)5-3-7-20-13-14-23(30-20)25(28)29/h9-14,16,18,22,24,27H,3-8,15H2,1-2H3,(H,28,29). The van der Waals surface area contributed by atoms with Crippen molar-refractivity contribution in [2.45, 2.75) is 70.8 Å². The van der Waals surface area contributed by atoms with E-state index in [4.69, 9.17) is 9.52 Å². The highest BCUT2D eigenvalue weighted by molar-refractivity contribution is 5.86. The molecule has 2 N–H and O–H groups in total. The quantitative estimate of drug-likeness (QED) is 0.565. The molecule has 0 amide bonds. The fraction of sp³-hybridized carbons (Fsp3) is 0.520.